The molecule has 26 heavy (non-hydrogen) atoms. The van der Waals surface area contributed by atoms with Crippen molar-refractivity contribution in [2.45, 2.75) is 38.3 Å². The van der Waals surface area contributed by atoms with Crippen molar-refractivity contribution in [3.05, 3.63) is 42.2 Å². The Kier molecular flexibility index (Phi) is 5.46. The van der Waals surface area contributed by atoms with Crippen LogP contribution in [0, 0.1) is 0 Å². The number of hydrogen-bond donors (Lipinski definition) is 1. The van der Waals surface area contributed by atoms with Gasteiger partial charge in [-0.25, -0.2) is 0 Å². The average Bonchev–Trinajstić information content (AvgIpc) is 3.02. The number of nitrogens with zero attached hydrogens (tertiary/aromatic N) is 2. The zero-order valence-corrected chi connectivity index (χ0v) is 13.8. The highest BCUT2D eigenvalue weighted by atomic mass is 19.4. The van der Waals surface area contributed by atoms with Gasteiger partial charge in [-0.2, -0.15) is 5.10 Å². The summed E-state index contributed by atoms with van der Waals surface area (Å²) in [4.78, 5) is 12.2. The molecule has 9 heteroatoms. The van der Waals surface area contributed by atoms with Gasteiger partial charge in [-0.05, 0) is 43.5 Å². The van der Waals surface area contributed by atoms with Gasteiger partial charge >= 0.3 is 6.36 Å². The first-order valence-electron chi connectivity index (χ1n) is 8.20. The Labute approximate surface area is 147 Å². The van der Waals surface area contributed by atoms with Crippen molar-refractivity contribution >= 4 is 11.6 Å². The predicted molar refractivity (Wildman–Crippen MR) is 86.9 cm³/mol. The molecule has 0 spiro atoms. The summed E-state index contributed by atoms with van der Waals surface area (Å²) in [5.41, 5.74) is 0.712. The van der Waals surface area contributed by atoms with Crippen LogP contribution < -0.4 is 10.1 Å². The van der Waals surface area contributed by atoms with Crippen molar-refractivity contribution in [1.82, 2.24) is 9.78 Å². The second-order valence-electron chi connectivity index (χ2n) is 5.97. The van der Waals surface area contributed by atoms with Crippen LogP contribution in [0.1, 0.15) is 29.6 Å². The minimum atomic E-state index is -4.76. The van der Waals surface area contributed by atoms with Crippen LogP contribution in [0.4, 0.5) is 18.9 Å². The average molecular weight is 369 g/mol. The lowest BCUT2D eigenvalue weighted by molar-refractivity contribution is -0.274. The normalized spacial score (nSPS) is 17.7. The molecule has 1 fully saturated rings. The quantitative estimate of drug-likeness (QED) is 0.875. The fraction of sp³-hybridized carbons (Fsp3) is 0.412. The number of nitrogens with one attached hydrogen (secondary N) is 1. The Bertz CT molecular complexity index is 738. The number of aromatic nitrogens is 2. The van der Waals surface area contributed by atoms with Crippen molar-refractivity contribution in [2.24, 2.45) is 0 Å². The molecule has 1 aromatic heterocycles. The van der Waals surface area contributed by atoms with Crippen LogP contribution in [-0.2, 0) is 11.3 Å². The molecule has 0 radical (unpaired) electrons. The van der Waals surface area contributed by atoms with Crippen LogP contribution in [0.3, 0.4) is 0 Å². The molecule has 1 saturated heterocycles. The van der Waals surface area contributed by atoms with Gasteiger partial charge in [0.05, 0.1) is 24.5 Å². The maximum atomic E-state index is 12.2. The van der Waals surface area contributed by atoms with E-state index in [2.05, 4.69) is 15.2 Å². The summed E-state index contributed by atoms with van der Waals surface area (Å²) in [7, 11) is 0. The Balaban J connectivity index is 1.56. The minimum Gasteiger partial charge on any atom is -0.406 e. The van der Waals surface area contributed by atoms with Crippen molar-refractivity contribution in [3.8, 4) is 5.75 Å². The molecule has 2 aromatic rings. The molecule has 3 rings (SSSR count). The van der Waals surface area contributed by atoms with Gasteiger partial charge in [-0.15, -0.1) is 13.2 Å². The number of hydrogen-bond acceptors (Lipinski definition) is 4. The van der Waals surface area contributed by atoms with Crippen LogP contribution >= 0.6 is 0 Å². The third kappa shape index (κ3) is 5.22. The molecule has 6 nitrogen and oxygen atoms in total. The molecule has 1 N–H and O–H groups in total. The molecule has 0 bridgehead atoms. The number of amides is 1. The summed E-state index contributed by atoms with van der Waals surface area (Å²) < 4.78 is 47.5. The number of anilines is 1. The third-order valence-electron chi connectivity index (χ3n) is 3.91. The summed E-state index contributed by atoms with van der Waals surface area (Å²) in [5.74, 6) is -0.827. The molecule has 1 aliphatic rings. The smallest absolute Gasteiger partial charge is 0.406 e. The van der Waals surface area contributed by atoms with E-state index in [-0.39, 0.29) is 17.4 Å². The van der Waals surface area contributed by atoms with Gasteiger partial charge in [-0.3, -0.25) is 9.48 Å². The summed E-state index contributed by atoms with van der Waals surface area (Å²) in [6.07, 6.45) is 1.74. The molecule has 140 valence electrons. The summed E-state index contributed by atoms with van der Waals surface area (Å²) in [6.45, 7) is 1.36. The Morgan fingerprint density at radius 3 is 2.73 bits per heavy atom. The highest BCUT2D eigenvalue weighted by molar-refractivity contribution is 6.04. The monoisotopic (exact) mass is 369 g/mol. The SMILES string of the molecule is O=C(Nc1cnn(C[C@@H]2CCCCO2)c1)c1ccc(OC(F)(F)F)cc1. The lowest BCUT2D eigenvalue weighted by Crippen LogP contribution is -2.24. The highest BCUT2D eigenvalue weighted by Crippen LogP contribution is 2.23. The van der Waals surface area contributed by atoms with Crippen molar-refractivity contribution in [3.63, 3.8) is 0 Å². The van der Waals surface area contributed by atoms with Gasteiger partial charge in [0.25, 0.3) is 5.91 Å². The molecular weight excluding hydrogens is 351 g/mol. The first kappa shape index (κ1) is 18.2. The van der Waals surface area contributed by atoms with E-state index < -0.39 is 12.3 Å². The van der Waals surface area contributed by atoms with Crippen LogP contribution in [0.5, 0.6) is 5.75 Å². The Morgan fingerprint density at radius 1 is 1.31 bits per heavy atom. The van der Waals surface area contributed by atoms with Crippen molar-refractivity contribution in [1.29, 1.82) is 0 Å². The maximum Gasteiger partial charge on any atom is 0.573 e. The molecule has 1 aromatic carbocycles. The fourth-order valence-electron chi connectivity index (χ4n) is 2.70. The molecule has 0 aliphatic carbocycles. The number of benzene rings is 1. The lowest BCUT2D eigenvalue weighted by Gasteiger charge is -2.22. The minimum absolute atomic E-state index is 0.119. The first-order valence-corrected chi connectivity index (χ1v) is 8.20. The standard InChI is InChI=1S/C17H18F3N3O3/c18-17(19,20)26-14-6-4-12(5-7-14)16(24)22-13-9-21-23(10-13)11-15-3-1-2-8-25-15/h4-7,9-10,15H,1-3,8,11H2,(H,22,24)/t15-/m0/s1. The largest absolute Gasteiger partial charge is 0.573 e. The van der Waals surface area contributed by atoms with E-state index >= 15 is 0 Å². The number of ether oxygens (including phenoxy) is 2. The molecule has 1 atom stereocenters. The number of alkyl halides is 3. The molecule has 0 saturated carbocycles. The van der Waals surface area contributed by atoms with E-state index in [1.165, 1.54) is 18.3 Å². The number of rotatable bonds is 5. The van der Waals surface area contributed by atoms with Crippen molar-refractivity contribution in [2.75, 3.05) is 11.9 Å². The maximum absolute atomic E-state index is 12.2. The molecule has 2 heterocycles. The lowest BCUT2D eigenvalue weighted by atomic mass is 10.1. The van der Waals surface area contributed by atoms with Crippen LogP contribution in [0.15, 0.2) is 36.7 Å². The molecule has 1 aliphatic heterocycles. The number of carbonyl (C=O) groups is 1. The van der Waals surface area contributed by atoms with Gasteiger partial charge in [0.2, 0.25) is 0 Å². The molecule has 0 unspecified atom stereocenters. The van der Waals surface area contributed by atoms with Gasteiger partial charge in [-0.1, -0.05) is 0 Å². The van der Waals surface area contributed by atoms with E-state index in [1.54, 1.807) is 10.9 Å². The van der Waals surface area contributed by atoms with E-state index in [0.29, 0.717) is 12.2 Å². The fourth-order valence-corrected chi connectivity index (χ4v) is 2.70. The number of carbonyl (C=O) groups excluding carboxylic acids is 1. The number of halogens is 3. The van der Waals surface area contributed by atoms with E-state index in [9.17, 15) is 18.0 Å². The first-order chi connectivity index (χ1) is 12.4. The third-order valence-corrected chi connectivity index (χ3v) is 3.91. The Morgan fingerprint density at radius 2 is 2.08 bits per heavy atom. The van der Waals surface area contributed by atoms with Crippen LogP contribution in [0.25, 0.3) is 0 Å². The van der Waals surface area contributed by atoms with E-state index in [4.69, 9.17) is 4.74 Å². The van der Waals surface area contributed by atoms with E-state index in [1.807, 2.05) is 0 Å². The highest BCUT2D eigenvalue weighted by Gasteiger charge is 2.31. The van der Waals surface area contributed by atoms with Gasteiger partial charge in [0.1, 0.15) is 5.75 Å². The summed E-state index contributed by atoms with van der Waals surface area (Å²) in [5, 5.41) is 6.85. The van der Waals surface area contributed by atoms with Crippen molar-refractivity contribution < 1.29 is 27.4 Å². The molecule has 1 amide bonds. The second-order valence-corrected chi connectivity index (χ2v) is 5.97. The second kappa shape index (κ2) is 7.77. The zero-order valence-electron chi connectivity index (χ0n) is 13.8. The predicted octanol–water partition coefficient (Wildman–Crippen LogP) is 3.60. The van der Waals surface area contributed by atoms with Crippen LogP contribution in [-0.4, -0.2) is 34.8 Å². The van der Waals surface area contributed by atoms with Gasteiger partial charge < -0.3 is 14.8 Å². The summed E-state index contributed by atoms with van der Waals surface area (Å²) >= 11 is 0. The van der Waals surface area contributed by atoms with Crippen LogP contribution in [0.2, 0.25) is 0 Å². The topological polar surface area (TPSA) is 65.4 Å². The van der Waals surface area contributed by atoms with Gasteiger partial charge in [0, 0.05) is 18.4 Å². The zero-order chi connectivity index (χ0) is 18.6. The van der Waals surface area contributed by atoms with Gasteiger partial charge in [0.15, 0.2) is 0 Å². The van der Waals surface area contributed by atoms with E-state index in [0.717, 1.165) is 38.0 Å². The Hall–Kier alpha value is -2.55. The molecular formula is C17H18F3N3O3. The summed E-state index contributed by atoms with van der Waals surface area (Å²) in [6, 6.07) is 4.70.